The normalized spacial score (nSPS) is 28.4. The van der Waals surface area contributed by atoms with Gasteiger partial charge in [-0.1, -0.05) is 20.8 Å². The lowest BCUT2D eigenvalue weighted by Crippen LogP contribution is -2.40. The molecule has 0 aromatic heterocycles. The van der Waals surface area contributed by atoms with E-state index in [1.165, 1.54) is 0 Å². The zero-order valence-corrected chi connectivity index (χ0v) is 10.2. The summed E-state index contributed by atoms with van der Waals surface area (Å²) < 4.78 is 0. The topological polar surface area (TPSA) is 66.4 Å². The third-order valence-electron chi connectivity index (χ3n) is 3.59. The molecule has 0 heterocycles. The van der Waals surface area contributed by atoms with E-state index in [0.29, 0.717) is 5.92 Å². The highest BCUT2D eigenvalue weighted by Gasteiger charge is 2.29. The zero-order chi connectivity index (χ0) is 12.3. The molecular weight excluding hydrogens is 206 g/mol. The van der Waals surface area contributed by atoms with Gasteiger partial charge in [-0.25, -0.2) is 0 Å². The van der Waals surface area contributed by atoms with Crippen LogP contribution in [-0.4, -0.2) is 23.0 Å². The van der Waals surface area contributed by atoms with Crippen molar-refractivity contribution in [3.63, 3.8) is 0 Å². The lowest BCUT2D eigenvalue weighted by molar-refractivity contribution is -0.146. The molecule has 1 fully saturated rings. The van der Waals surface area contributed by atoms with Crippen molar-refractivity contribution in [2.45, 2.75) is 46.1 Å². The van der Waals surface area contributed by atoms with Crippen molar-refractivity contribution >= 4 is 11.9 Å². The molecule has 1 saturated carbocycles. The molecule has 0 aliphatic heterocycles. The molecule has 0 bridgehead atoms. The van der Waals surface area contributed by atoms with Gasteiger partial charge in [-0.2, -0.15) is 0 Å². The van der Waals surface area contributed by atoms with Crippen LogP contribution in [0.25, 0.3) is 0 Å². The number of hydrogen-bond donors (Lipinski definition) is 2. The quantitative estimate of drug-likeness (QED) is 0.767. The van der Waals surface area contributed by atoms with Crippen LogP contribution in [0, 0.1) is 17.8 Å². The van der Waals surface area contributed by atoms with Crippen LogP contribution >= 0.6 is 0 Å². The summed E-state index contributed by atoms with van der Waals surface area (Å²) >= 11 is 0. The van der Waals surface area contributed by atoms with Crippen molar-refractivity contribution in [2.75, 3.05) is 0 Å². The lowest BCUT2D eigenvalue weighted by Gasteiger charge is -2.19. The number of aliphatic carboxylic acids is 1. The van der Waals surface area contributed by atoms with E-state index in [1.807, 2.05) is 0 Å². The summed E-state index contributed by atoms with van der Waals surface area (Å²) in [6.45, 7) is 5.42. The predicted molar refractivity (Wildman–Crippen MR) is 60.9 cm³/mol. The first kappa shape index (κ1) is 13.0. The first-order valence-corrected chi connectivity index (χ1v) is 5.95. The summed E-state index contributed by atoms with van der Waals surface area (Å²) in [5, 5.41) is 11.8. The second-order valence-electron chi connectivity index (χ2n) is 5.04. The summed E-state index contributed by atoms with van der Waals surface area (Å²) in [7, 11) is 0. The van der Waals surface area contributed by atoms with Crippen molar-refractivity contribution in [1.82, 2.24) is 5.32 Å². The Morgan fingerprint density at radius 1 is 1.25 bits per heavy atom. The van der Waals surface area contributed by atoms with Gasteiger partial charge >= 0.3 is 5.97 Å². The van der Waals surface area contributed by atoms with Gasteiger partial charge in [-0.3, -0.25) is 9.59 Å². The van der Waals surface area contributed by atoms with E-state index in [0.717, 1.165) is 19.3 Å². The molecular formula is C12H21NO3. The van der Waals surface area contributed by atoms with Gasteiger partial charge in [-0.05, 0) is 25.2 Å². The molecule has 4 atom stereocenters. The van der Waals surface area contributed by atoms with E-state index in [-0.39, 0.29) is 11.9 Å². The van der Waals surface area contributed by atoms with E-state index in [4.69, 9.17) is 5.11 Å². The summed E-state index contributed by atoms with van der Waals surface area (Å²) in [6, 6.07) is 0.242. The van der Waals surface area contributed by atoms with Crippen LogP contribution in [-0.2, 0) is 9.59 Å². The maximum absolute atomic E-state index is 11.8. The Hall–Kier alpha value is -1.06. The predicted octanol–water partition coefficient (Wildman–Crippen LogP) is 1.65. The van der Waals surface area contributed by atoms with Crippen molar-refractivity contribution < 1.29 is 14.7 Å². The number of hydrogen-bond acceptors (Lipinski definition) is 2. The molecule has 0 aromatic carbocycles. The molecule has 4 unspecified atom stereocenters. The van der Waals surface area contributed by atoms with Gasteiger partial charge in [0, 0.05) is 12.0 Å². The average molecular weight is 227 g/mol. The summed E-state index contributed by atoms with van der Waals surface area (Å²) in [5.74, 6) is -1.47. The van der Waals surface area contributed by atoms with Crippen LogP contribution in [0.3, 0.4) is 0 Å². The Kier molecular flexibility index (Phi) is 4.33. The van der Waals surface area contributed by atoms with Crippen molar-refractivity contribution in [2.24, 2.45) is 17.8 Å². The zero-order valence-electron chi connectivity index (χ0n) is 10.2. The molecule has 0 saturated heterocycles. The Labute approximate surface area is 96.4 Å². The van der Waals surface area contributed by atoms with Gasteiger partial charge in [-0.15, -0.1) is 0 Å². The number of carbonyl (C=O) groups excluding carboxylic acids is 1. The SMILES string of the molecule is CC1CCC(NC(=O)C(C)C(C)C(=O)O)C1. The number of rotatable bonds is 4. The third-order valence-corrected chi connectivity index (χ3v) is 3.59. The second-order valence-corrected chi connectivity index (χ2v) is 5.04. The molecule has 4 heteroatoms. The maximum atomic E-state index is 11.8. The fourth-order valence-electron chi connectivity index (χ4n) is 2.11. The van der Waals surface area contributed by atoms with Gasteiger partial charge in [0.05, 0.1) is 5.92 Å². The molecule has 1 aliphatic carbocycles. The molecule has 2 N–H and O–H groups in total. The second kappa shape index (κ2) is 5.32. The highest BCUT2D eigenvalue weighted by molar-refractivity contribution is 5.84. The van der Waals surface area contributed by atoms with Crippen molar-refractivity contribution in [3.05, 3.63) is 0 Å². The maximum Gasteiger partial charge on any atom is 0.307 e. The summed E-state index contributed by atoms with van der Waals surface area (Å²) in [5.41, 5.74) is 0. The number of amides is 1. The molecule has 92 valence electrons. The Morgan fingerprint density at radius 2 is 1.88 bits per heavy atom. The molecule has 0 aromatic rings. The molecule has 4 nitrogen and oxygen atoms in total. The highest BCUT2D eigenvalue weighted by atomic mass is 16.4. The third kappa shape index (κ3) is 3.22. The van der Waals surface area contributed by atoms with Gasteiger partial charge < -0.3 is 10.4 Å². The van der Waals surface area contributed by atoms with E-state index < -0.39 is 17.8 Å². The minimum Gasteiger partial charge on any atom is -0.481 e. The van der Waals surface area contributed by atoms with E-state index >= 15 is 0 Å². The smallest absolute Gasteiger partial charge is 0.307 e. The Balaban J connectivity index is 2.43. The average Bonchev–Trinajstić information content (AvgIpc) is 2.61. The monoisotopic (exact) mass is 227 g/mol. The fraction of sp³-hybridized carbons (Fsp3) is 0.833. The van der Waals surface area contributed by atoms with Gasteiger partial charge in [0.25, 0.3) is 0 Å². The van der Waals surface area contributed by atoms with Crippen LogP contribution in [0.5, 0.6) is 0 Å². The van der Waals surface area contributed by atoms with Crippen molar-refractivity contribution in [1.29, 1.82) is 0 Å². The Morgan fingerprint density at radius 3 is 2.31 bits per heavy atom. The lowest BCUT2D eigenvalue weighted by atomic mass is 9.95. The fourth-order valence-corrected chi connectivity index (χ4v) is 2.11. The molecule has 1 rings (SSSR count). The highest BCUT2D eigenvalue weighted by Crippen LogP contribution is 2.25. The van der Waals surface area contributed by atoms with E-state index in [9.17, 15) is 9.59 Å². The summed E-state index contributed by atoms with van der Waals surface area (Å²) in [4.78, 5) is 22.5. The number of nitrogens with one attached hydrogen (secondary N) is 1. The van der Waals surface area contributed by atoms with Crippen molar-refractivity contribution in [3.8, 4) is 0 Å². The number of carboxylic acids is 1. The Bertz CT molecular complexity index is 277. The van der Waals surface area contributed by atoms with Crippen LogP contribution in [0.4, 0.5) is 0 Å². The molecule has 1 amide bonds. The van der Waals surface area contributed by atoms with E-state index in [2.05, 4.69) is 12.2 Å². The standard InChI is InChI=1S/C12H21NO3/c1-7-4-5-10(6-7)13-11(14)8(2)9(3)12(15)16/h7-10H,4-6H2,1-3H3,(H,13,14)(H,15,16). The minimum atomic E-state index is -0.914. The van der Waals surface area contributed by atoms with Gasteiger partial charge in [0.15, 0.2) is 0 Å². The summed E-state index contributed by atoms with van der Waals surface area (Å²) in [6.07, 6.45) is 3.18. The van der Waals surface area contributed by atoms with E-state index in [1.54, 1.807) is 13.8 Å². The molecule has 1 aliphatic rings. The molecule has 16 heavy (non-hydrogen) atoms. The van der Waals surface area contributed by atoms with Crippen LogP contribution in [0.15, 0.2) is 0 Å². The molecule has 0 spiro atoms. The van der Waals surface area contributed by atoms with Gasteiger partial charge in [0.1, 0.15) is 0 Å². The molecule has 0 radical (unpaired) electrons. The van der Waals surface area contributed by atoms with Crippen LogP contribution in [0.1, 0.15) is 40.0 Å². The number of carbonyl (C=O) groups is 2. The minimum absolute atomic E-state index is 0.131. The first-order valence-electron chi connectivity index (χ1n) is 5.95. The largest absolute Gasteiger partial charge is 0.481 e. The first-order chi connectivity index (χ1) is 7.41. The van der Waals surface area contributed by atoms with Crippen LogP contribution < -0.4 is 5.32 Å². The van der Waals surface area contributed by atoms with Gasteiger partial charge in [0.2, 0.25) is 5.91 Å². The van der Waals surface area contributed by atoms with Crippen LogP contribution in [0.2, 0.25) is 0 Å². The number of carboxylic acid groups (broad SMARTS) is 1.